The molecule has 0 saturated heterocycles. The van der Waals surface area contributed by atoms with Crippen LogP contribution in [0.15, 0.2) is 28.8 Å². The second kappa shape index (κ2) is 5.08. The number of benzene rings is 1. The van der Waals surface area contributed by atoms with Gasteiger partial charge in [-0.25, -0.2) is 0 Å². The normalized spacial score (nSPS) is 11.8. The van der Waals surface area contributed by atoms with Gasteiger partial charge in [0.15, 0.2) is 0 Å². The first-order valence-corrected chi connectivity index (χ1v) is 6.26. The molecule has 2 aromatic rings. The Morgan fingerprint density at radius 2 is 2.17 bits per heavy atom. The summed E-state index contributed by atoms with van der Waals surface area (Å²) < 4.78 is 5.31. The lowest BCUT2D eigenvalue weighted by Gasteiger charge is -2.20. The van der Waals surface area contributed by atoms with E-state index >= 15 is 0 Å². The molecule has 0 atom stereocenters. The zero-order valence-corrected chi connectivity index (χ0v) is 11.5. The van der Waals surface area contributed by atoms with Gasteiger partial charge in [0.05, 0.1) is 5.54 Å². The van der Waals surface area contributed by atoms with Crippen LogP contribution >= 0.6 is 11.6 Å². The van der Waals surface area contributed by atoms with Crippen LogP contribution < -0.4 is 5.32 Å². The highest BCUT2D eigenvalue weighted by Crippen LogP contribution is 2.23. The summed E-state index contributed by atoms with van der Waals surface area (Å²) in [6.07, 6.45) is 0. The van der Waals surface area contributed by atoms with Crippen LogP contribution in [0.1, 0.15) is 26.7 Å². The topological polar surface area (TPSA) is 51.0 Å². The number of rotatable bonds is 4. The molecule has 5 heteroatoms. The third kappa shape index (κ3) is 2.71. The number of nitrogens with zero attached hydrogens (tertiary/aromatic N) is 2. The molecular formula is C13H16ClN3O. The van der Waals surface area contributed by atoms with E-state index in [9.17, 15) is 0 Å². The van der Waals surface area contributed by atoms with Crippen LogP contribution in [0.3, 0.4) is 0 Å². The van der Waals surface area contributed by atoms with Crippen LogP contribution in [0, 0.1) is 0 Å². The first-order valence-electron chi connectivity index (χ1n) is 5.88. The van der Waals surface area contributed by atoms with Crippen molar-refractivity contribution in [1.29, 1.82) is 0 Å². The van der Waals surface area contributed by atoms with Crippen molar-refractivity contribution in [2.45, 2.75) is 26.3 Å². The Morgan fingerprint density at radius 1 is 1.39 bits per heavy atom. The highest BCUT2D eigenvalue weighted by molar-refractivity contribution is 6.30. The number of aromatic nitrogens is 2. The van der Waals surface area contributed by atoms with E-state index in [4.69, 9.17) is 16.1 Å². The van der Waals surface area contributed by atoms with E-state index in [1.807, 2.05) is 45.0 Å². The SMILES string of the molecule is CCNC(C)(C)c1nc(-c2cccc(Cl)c2)no1. The van der Waals surface area contributed by atoms with Crippen molar-refractivity contribution in [1.82, 2.24) is 15.5 Å². The van der Waals surface area contributed by atoms with Crippen LogP contribution in [0.4, 0.5) is 0 Å². The van der Waals surface area contributed by atoms with Gasteiger partial charge < -0.3 is 9.84 Å². The molecule has 0 aliphatic carbocycles. The van der Waals surface area contributed by atoms with Gasteiger partial charge >= 0.3 is 0 Å². The number of nitrogens with one attached hydrogen (secondary N) is 1. The predicted octanol–water partition coefficient (Wildman–Crippen LogP) is 3.23. The highest BCUT2D eigenvalue weighted by atomic mass is 35.5. The van der Waals surface area contributed by atoms with Gasteiger partial charge in [0.25, 0.3) is 0 Å². The molecule has 4 nitrogen and oxygen atoms in total. The third-order valence-electron chi connectivity index (χ3n) is 2.66. The molecule has 2 rings (SSSR count). The highest BCUT2D eigenvalue weighted by Gasteiger charge is 2.26. The second-order valence-electron chi connectivity index (χ2n) is 4.59. The lowest BCUT2D eigenvalue weighted by Crippen LogP contribution is -2.36. The molecule has 18 heavy (non-hydrogen) atoms. The molecule has 0 aliphatic heterocycles. The van der Waals surface area contributed by atoms with E-state index in [1.165, 1.54) is 0 Å². The summed E-state index contributed by atoms with van der Waals surface area (Å²) >= 11 is 5.94. The van der Waals surface area contributed by atoms with E-state index in [1.54, 1.807) is 0 Å². The summed E-state index contributed by atoms with van der Waals surface area (Å²) in [4.78, 5) is 4.41. The van der Waals surface area contributed by atoms with Crippen molar-refractivity contribution in [3.63, 3.8) is 0 Å². The maximum atomic E-state index is 5.94. The van der Waals surface area contributed by atoms with Crippen molar-refractivity contribution < 1.29 is 4.52 Å². The van der Waals surface area contributed by atoms with Crippen molar-refractivity contribution in [2.75, 3.05) is 6.54 Å². The lowest BCUT2D eigenvalue weighted by molar-refractivity contribution is 0.272. The van der Waals surface area contributed by atoms with Gasteiger partial charge in [-0.1, -0.05) is 35.8 Å². The molecule has 1 N–H and O–H groups in total. The van der Waals surface area contributed by atoms with Gasteiger partial charge in [-0.2, -0.15) is 4.98 Å². The molecule has 0 bridgehead atoms. The van der Waals surface area contributed by atoms with Crippen LogP contribution in [0.2, 0.25) is 5.02 Å². The standard InChI is InChI=1S/C13H16ClN3O/c1-4-15-13(2,3)12-16-11(17-18-12)9-6-5-7-10(14)8-9/h5-8,15H,4H2,1-3H3. The molecule has 1 aromatic heterocycles. The second-order valence-corrected chi connectivity index (χ2v) is 5.03. The number of hydrogen-bond acceptors (Lipinski definition) is 4. The molecule has 1 heterocycles. The van der Waals surface area contributed by atoms with E-state index < -0.39 is 0 Å². The molecule has 0 spiro atoms. The van der Waals surface area contributed by atoms with Gasteiger partial charge in [0.2, 0.25) is 11.7 Å². The maximum absolute atomic E-state index is 5.94. The van der Waals surface area contributed by atoms with E-state index in [0.717, 1.165) is 12.1 Å². The zero-order valence-electron chi connectivity index (χ0n) is 10.7. The van der Waals surface area contributed by atoms with Gasteiger partial charge in [-0.3, -0.25) is 0 Å². The molecule has 0 radical (unpaired) electrons. The Balaban J connectivity index is 2.31. The van der Waals surface area contributed by atoms with Crippen LogP contribution in [0.25, 0.3) is 11.4 Å². The average Bonchev–Trinajstić information content (AvgIpc) is 2.78. The van der Waals surface area contributed by atoms with Crippen LogP contribution in [-0.4, -0.2) is 16.7 Å². The summed E-state index contributed by atoms with van der Waals surface area (Å²) in [6, 6.07) is 7.40. The fourth-order valence-electron chi connectivity index (χ4n) is 1.74. The molecule has 96 valence electrons. The monoisotopic (exact) mass is 265 g/mol. The quantitative estimate of drug-likeness (QED) is 0.922. The Bertz CT molecular complexity index is 537. The summed E-state index contributed by atoms with van der Waals surface area (Å²) in [5, 5.41) is 7.94. The molecule has 0 unspecified atom stereocenters. The summed E-state index contributed by atoms with van der Waals surface area (Å²) in [5.74, 6) is 1.12. The zero-order chi connectivity index (χ0) is 13.2. The van der Waals surface area contributed by atoms with E-state index in [2.05, 4.69) is 15.5 Å². The fraction of sp³-hybridized carbons (Fsp3) is 0.385. The first-order chi connectivity index (χ1) is 8.53. The Morgan fingerprint density at radius 3 is 2.83 bits per heavy atom. The maximum Gasteiger partial charge on any atom is 0.246 e. The van der Waals surface area contributed by atoms with E-state index in [-0.39, 0.29) is 5.54 Å². The van der Waals surface area contributed by atoms with Crippen molar-refractivity contribution in [3.05, 3.63) is 35.2 Å². The third-order valence-corrected chi connectivity index (χ3v) is 2.90. The van der Waals surface area contributed by atoms with Gasteiger partial charge in [-0.05, 0) is 32.5 Å². The van der Waals surface area contributed by atoms with Crippen molar-refractivity contribution in [3.8, 4) is 11.4 Å². The summed E-state index contributed by atoms with van der Waals surface area (Å²) in [6.45, 7) is 6.88. The molecule has 0 fully saturated rings. The Labute approximate surface area is 111 Å². The molecule has 0 amide bonds. The van der Waals surface area contributed by atoms with Gasteiger partial charge in [0, 0.05) is 10.6 Å². The molecule has 1 aromatic carbocycles. The predicted molar refractivity (Wildman–Crippen MR) is 71.4 cm³/mol. The minimum atomic E-state index is -0.335. The Hall–Kier alpha value is -1.39. The minimum Gasteiger partial charge on any atom is -0.337 e. The van der Waals surface area contributed by atoms with E-state index in [0.29, 0.717) is 16.7 Å². The number of hydrogen-bond donors (Lipinski definition) is 1. The molecular weight excluding hydrogens is 250 g/mol. The largest absolute Gasteiger partial charge is 0.337 e. The van der Waals surface area contributed by atoms with Gasteiger partial charge in [0.1, 0.15) is 0 Å². The smallest absolute Gasteiger partial charge is 0.246 e. The lowest BCUT2D eigenvalue weighted by atomic mass is 10.1. The minimum absolute atomic E-state index is 0.335. The average molecular weight is 266 g/mol. The van der Waals surface area contributed by atoms with Crippen LogP contribution in [-0.2, 0) is 5.54 Å². The molecule has 0 aliphatic rings. The van der Waals surface area contributed by atoms with Crippen molar-refractivity contribution >= 4 is 11.6 Å². The Kier molecular flexibility index (Phi) is 3.68. The first kappa shape index (κ1) is 13.1. The summed E-state index contributed by atoms with van der Waals surface area (Å²) in [7, 11) is 0. The fourth-order valence-corrected chi connectivity index (χ4v) is 1.93. The molecule has 0 saturated carbocycles. The number of halogens is 1. The van der Waals surface area contributed by atoms with Crippen molar-refractivity contribution in [2.24, 2.45) is 0 Å². The summed E-state index contributed by atoms with van der Waals surface area (Å²) in [5.41, 5.74) is 0.517. The van der Waals surface area contributed by atoms with Crippen LogP contribution in [0.5, 0.6) is 0 Å². The van der Waals surface area contributed by atoms with Gasteiger partial charge in [-0.15, -0.1) is 0 Å².